The van der Waals surface area contributed by atoms with Gasteiger partial charge in [-0.15, -0.1) is 0 Å². The summed E-state index contributed by atoms with van der Waals surface area (Å²) >= 11 is 0. The molecule has 0 bridgehead atoms. The molecule has 0 saturated heterocycles. The summed E-state index contributed by atoms with van der Waals surface area (Å²) in [4.78, 5) is 39.3. The molecule has 0 radical (unpaired) electrons. The molecule has 116 valence electrons. The van der Waals surface area contributed by atoms with Crippen LogP contribution in [0.2, 0.25) is 0 Å². The number of hydrogen-bond acceptors (Lipinski definition) is 6. The standard InChI is InChI=1S/C13H15N5O4/c1-8(19)14-3-2-4-15-11-6-10-9(5-12(11)18(21)22)13(20)17-7-16-10/h5-7,15H,2-4H2,1H3,(H,14,19)(H,16,17,20). The second-order valence-electron chi connectivity index (χ2n) is 4.64. The van der Waals surface area contributed by atoms with Crippen LogP contribution in [0.5, 0.6) is 0 Å². The molecule has 1 amide bonds. The zero-order valence-corrected chi connectivity index (χ0v) is 11.9. The number of H-pyrrole nitrogens is 1. The number of nitro benzene ring substituents is 1. The average molecular weight is 305 g/mol. The van der Waals surface area contributed by atoms with Crippen LogP contribution in [0, 0.1) is 10.1 Å². The van der Waals surface area contributed by atoms with Crippen LogP contribution in [0.1, 0.15) is 13.3 Å². The summed E-state index contributed by atoms with van der Waals surface area (Å²) in [5.41, 5.74) is 0.0490. The highest BCUT2D eigenvalue weighted by Crippen LogP contribution is 2.27. The van der Waals surface area contributed by atoms with E-state index in [1.165, 1.54) is 25.4 Å². The van der Waals surface area contributed by atoms with Crippen LogP contribution in [-0.2, 0) is 4.79 Å². The third-order valence-electron chi connectivity index (χ3n) is 3.00. The minimum absolute atomic E-state index is 0.125. The van der Waals surface area contributed by atoms with Gasteiger partial charge in [0.25, 0.3) is 11.2 Å². The Balaban J connectivity index is 2.20. The van der Waals surface area contributed by atoms with Gasteiger partial charge in [0.1, 0.15) is 5.69 Å². The van der Waals surface area contributed by atoms with Gasteiger partial charge in [-0.05, 0) is 12.5 Å². The molecule has 1 aromatic heterocycles. The number of aromatic amines is 1. The number of nitrogens with zero attached hydrogens (tertiary/aromatic N) is 2. The van der Waals surface area contributed by atoms with Gasteiger partial charge < -0.3 is 15.6 Å². The van der Waals surface area contributed by atoms with Gasteiger partial charge in [0.2, 0.25) is 5.91 Å². The van der Waals surface area contributed by atoms with E-state index >= 15 is 0 Å². The highest BCUT2D eigenvalue weighted by Gasteiger charge is 2.16. The fraction of sp³-hybridized carbons (Fsp3) is 0.308. The SMILES string of the molecule is CC(=O)NCCCNc1cc2nc[nH]c(=O)c2cc1[N+](=O)[O-]. The van der Waals surface area contributed by atoms with Crippen molar-refractivity contribution in [2.24, 2.45) is 0 Å². The van der Waals surface area contributed by atoms with Crippen molar-refractivity contribution in [3.63, 3.8) is 0 Å². The van der Waals surface area contributed by atoms with Crippen LogP contribution in [0.15, 0.2) is 23.3 Å². The second-order valence-corrected chi connectivity index (χ2v) is 4.64. The number of amides is 1. The molecular formula is C13H15N5O4. The van der Waals surface area contributed by atoms with Gasteiger partial charge in [-0.25, -0.2) is 4.98 Å². The van der Waals surface area contributed by atoms with Gasteiger partial charge in [0.05, 0.1) is 22.2 Å². The minimum Gasteiger partial charge on any atom is -0.379 e. The average Bonchev–Trinajstić information content (AvgIpc) is 2.46. The van der Waals surface area contributed by atoms with Crippen LogP contribution >= 0.6 is 0 Å². The fourth-order valence-electron chi connectivity index (χ4n) is 1.97. The Morgan fingerprint density at radius 3 is 2.86 bits per heavy atom. The number of nitro groups is 1. The summed E-state index contributed by atoms with van der Waals surface area (Å²) in [5, 5.41) is 16.9. The number of benzene rings is 1. The predicted molar refractivity (Wildman–Crippen MR) is 80.8 cm³/mol. The van der Waals surface area contributed by atoms with Crippen LogP contribution in [-0.4, -0.2) is 33.9 Å². The molecule has 1 heterocycles. The highest BCUT2D eigenvalue weighted by atomic mass is 16.6. The molecule has 0 fully saturated rings. The topological polar surface area (TPSA) is 130 Å². The van der Waals surface area contributed by atoms with Crippen molar-refractivity contribution in [1.29, 1.82) is 0 Å². The van der Waals surface area contributed by atoms with E-state index in [2.05, 4.69) is 20.6 Å². The van der Waals surface area contributed by atoms with Crippen LogP contribution in [0.3, 0.4) is 0 Å². The lowest BCUT2D eigenvalue weighted by molar-refractivity contribution is -0.383. The van der Waals surface area contributed by atoms with Crippen molar-refractivity contribution in [2.75, 3.05) is 18.4 Å². The Kier molecular flexibility index (Phi) is 4.66. The third kappa shape index (κ3) is 3.57. The largest absolute Gasteiger partial charge is 0.379 e. The summed E-state index contributed by atoms with van der Waals surface area (Å²) in [6.07, 6.45) is 1.86. The van der Waals surface area contributed by atoms with Crippen molar-refractivity contribution in [2.45, 2.75) is 13.3 Å². The Morgan fingerprint density at radius 1 is 1.41 bits per heavy atom. The maximum atomic E-state index is 11.6. The summed E-state index contributed by atoms with van der Waals surface area (Å²) in [6, 6.07) is 2.68. The first-order valence-electron chi connectivity index (χ1n) is 6.63. The van der Waals surface area contributed by atoms with Crippen LogP contribution < -0.4 is 16.2 Å². The minimum atomic E-state index is -0.554. The Morgan fingerprint density at radius 2 is 2.18 bits per heavy atom. The van der Waals surface area contributed by atoms with E-state index in [1.54, 1.807) is 0 Å². The summed E-state index contributed by atoms with van der Waals surface area (Å²) in [5.74, 6) is -0.125. The van der Waals surface area contributed by atoms with Gasteiger partial charge in [0, 0.05) is 26.1 Å². The Hall–Kier alpha value is -2.97. The Labute approximate surface area is 124 Å². The first-order valence-corrected chi connectivity index (χ1v) is 6.63. The number of fused-ring (bicyclic) bond motifs is 1. The monoisotopic (exact) mass is 305 g/mol. The maximum absolute atomic E-state index is 11.6. The molecule has 0 spiro atoms. The van der Waals surface area contributed by atoms with Crippen LogP contribution in [0.4, 0.5) is 11.4 Å². The summed E-state index contributed by atoms with van der Waals surface area (Å²) < 4.78 is 0. The highest BCUT2D eigenvalue weighted by molar-refractivity contribution is 5.86. The van der Waals surface area contributed by atoms with E-state index < -0.39 is 10.5 Å². The molecule has 1 aromatic carbocycles. The van der Waals surface area contributed by atoms with E-state index in [9.17, 15) is 19.7 Å². The lowest BCUT2D eigenvalue weighted by Crippen LogP contribution is -2.22. The zero-order valence-electron chi connectivity index (χ0n) is 11.9. The number of carbonyl (C=O) groups is 1. The van der Waals surface area contributed by atoms with Gasteiger partial charge in [-0.1, -0.05) is 0 Å². The molecule has 0 atom stereocenters. The molecule has 22 heavy (non-hydrogen) atoms. The number of anilines is 1. The van der Waals surface area contributed by atoms with Crippen molar-refractivity contribution in [3.05, 3.63) is 38.9 Å². The summed E-state index contributed by atoms with van der Waals surface area (Å²) in [7, 11) is 0. The van der Waals surface area contributed by atoms with E-state index in [1.807, 2.05) is 0 Å². The van der Waals surface area contributed by atoms with E-state index in [4.69, 9.17) is 0 Å². The number of rotatable bonds is 6. The maximum Gasteiger partial charge on any atom is 0.293 e. The number of hydrogen-bond donors (Lipinski definition) is 3. The molecular weight excluding hydrogens is 290 g/mol. The molecule has 0 aliphatic rings. The first-order chi connectivity index (χ1) is 10.5. The second kappa shape index (κ2) is 6.66. The third-order valence-corrected chi connectivity index (χ3v) is 3.00. The smallest absolute Gasteiger partial charge is 0.293 e. The van der Waals surface area contributed by atoms with Crippen molar-refractivity contribution < 1.29 is 9.72 Å². The molecule has 3 N–H and O–H groups in total. The van der Waals surface area contributed by atoms with Crippen molar-refractivity contribution >= 4 is 28.2 Å². The lowest BCUT2D eigenvalue weighted by atomic mass is 10.2. The van der Waals surface area contributed by atoms with Crippen molar-refractivity contribution in [1.82, 2.24) is 15.3 Å². The molecule has 0 aliphatic heterocycles. The zero-order chi connectivity index (χ0) is 16.1. The van der Waals surface area contributed by atoms with Crippen LogP contribution in [0.25, 0.3) is 10.9 Å². The molecule has 0 saturated carbocycles. The quantitative estimate of drug-likeness (QED) is 0.410. The number of aromatic nitrogens is 2. The molecule has 2 aromatic rings. The number of nitrogens with one attached hydrogen (secondary N) is 3. The lowest BCUT2D eigenvalue weighted by Gasteiger charge is -2.08. The van der Waals surface area contributed by atoms with E-state index in [0.29, 0.717) is 30.7 Å². The van der Waals surface area contributed by atoms with Crippen molar-refractivity contribution in [3.8, 4) is 0 Å². The first kappa shape index (κ1) is 15.4. The number of carbonyl (C=O) groups excluding carboxylic acids is 1. The normalized spacial score (nSPS) is 10.4. The predicted octanol–water partition coefficient (Wildman–Crippen LogP) is 0.769. The summed E-state index contributed by atoms with van der Waals surface area (Å²) in [6.45, 7) is 2.34. The van der Waals surface area contributed by atoms with Gasteiger partial charge in [0.15, 0.2) is 0 Å². The molecule has 9 heteroatoms. The molecule has 2 rings (SSSR count). The van der Waals surface area contributed by atoms with E-state index in [0.717, 1.165) is 0 Å². The van der Waals surface area contributed by atoms with Gasteiger partial charge >= 0.3 is 0 Å². The van der Waals surface area contributed by atoms with Gasteiger partial charge in [-0.3, -0.25) is 19.7 Å². The molecule has 9 nitrogen and oxygen atoms in total. The van der Waals surface area contributed by atoms with E-state index in [-0.39, 0.29) is 17.0 Å². The fourth-order valence-corrected chi connectivity index (χ4v) is 1.97. The Bertz CT molecular complexity index is 771. The molecule has 0 aliphatic carbocycles. The molecule has 0 unspecified atom stereocenters. The van der Waals surface area contributed by atoms with Gasteiger partial charge in [-0.2, -0.15) is 0 Å².